The Balaban J connectivity index is 0.00000120. The van der Waals surface area contributed by atoms with Crippen molar-refractivity contribution < 1.29 is 25.8 Å². The smallest absolute Gasteiger partial charge is 0.0184 e. The first kappa shape index (κ1) is 18.9. The van der Waals surface area contributed by atoms with Gasteiger partial charge >= 0.3 is 0 Å². The van der Waals surface area contributed by atoms with Crippen LogP contribution < -0.4 is 5.73 Å². The Bertz CT molecular complexity index is 655. The van der Waals surface area contributed by atoms with Crippen molar-refractivity contribution in [3.63, 3.8) is 0 Å². The number of rotatable bonds is 2. The van der Waals surface area contributed by atoms with Crippen LogP contribution in [-0.2, 0) is 32.4 Å². The molecule has 0 fully saturated rings. The van der Waals surface area contributed by atoms with Gasteiger partial charge in [0.2, 0.25) is 0 Å². The van der Waals surface area contributed by atoms with Crippen LogP contribution in [0.25, 0.3) is 21.9 Å². The summed E-state index contributed by atoms with van der Waals surface area (Å²) in [6.45, 7) is 0.577. The fourth-order valence-electron chi connectivity index (χ4n) is 2.36. The molecular formula is C18H20HfN-3. The Morgan fingerprint density at radius 1 is 0.850 bits per heavy atom. The third kappa shape index (κ3) is 3.31. The number of hydrogen-bond acceptors (Lipinski definition) is 1. The summed E-state index contributed by atoms with van der Waals surface area (Å²) in [4.78, 5) is 0. The Morgan fingerprint density at radius 2 is 1.55 bits per heavy atom. The van der Waals surface area contributed by atoms with Gasteiger partial charge in [-0.15, -0.1) is 29.0 Å². The van der Waals surface area contributed by atoms with Crippen LogP contribution in [0.4, 0.5) is 0 Å². The fraction of sp³-hybridized carbons (Fsp3) is 0.0556. The molecule has 0 saturated heterocycles. The minimum Gasteiger partial charge on any atom is -0.358 e. The summed E-state index contributed by atoms with van der Waals surface area (Å²) in [5.74, 6) is 0. The molecule has 3 aromatic rings. The third-order valence-electron chi connectivity index (χ3n) is 3.21. The molecule has 0 unspecified atom stereocenters. The van der Waals surface area contributed by atoms with Crippen molar-refractivity contribution in [2.24, 2.45) is 5.73 Å². The fourth-order valence-corrected chi connectivity index (χ4v) is 2.36. The molecule has 0 saturated carbocycles. The van der Waals surface area contributed by atoms with Gasteiger partial charge < -0.3 is 20.6 Å². The van der Waals surface area contributed by atoms with E-state index in [2.05, 4.69) is 54.6 Å². The maximum atomic E-state index is 5.81. The number of benzene rings is 2. The normalized spacial score (nSPS) is 9.25. The van der Waals surface area contributed by atoms with Gasteiger partial charge in [0, 0.05) is 32.4 Å². The second kappa shape index (κ2) is 8.23. The van der Waals surface area contributed by atoms with Gasteiger partial charge in [-0.05, 0) is 11.1 Å². The molecule has 3 rings (SSSR count). The standard InChI is InChI=1S/C16H14N.2CH3.Hf/c17-11-13-5-1-2-8-15(13)16-10-4-7-12-6-3-9-14(12)16;;;/h1-10H,11,17H2;2*1H3;/q3*-1;. The Labute approximate surface area is 141 Å². The van der Waals surface area contributed by atoms with E-state index in [0.29, 0.717) is 6.54 Å². The molecule has 0 atom stereocenters. The largest absolute Gasteiger partial charge is 0.358 e. The molecular weight excluding hydrogens is 409 g/mol. The zero-order valence-electron chi connectivity index (χ0n) is 12.1. The predicted molar refractivity (Wildman–Crippen MR) is 85.7 cm³/mol. The number of hydrogen-bond donors (Lipinski definition) is 1. The second-order valence-corrected chi connectivity index (χ2v) is 4.20. The molecule has 0 heterocycles. The van der Waals surface area contributed by atoms with E-state index in [4.69, 9.17) is 5.73 Å². The maximum Gasteiger partial charge on any atom is 0.0184 e. The van der Waals surface area contributed by atoms with Crippen LogP contribution in [0, 0.1) is 14.9 Å². The Kier molecular flexibility index (Phi) is 7.77. The van der Waals surface area contributed by atoms with E-state index in [1.165, 1.54) is 27.5 Å². The number of nitrogens with two attached hydrogens (primary N) is 1. The first-order chi connectivity index (χ1) is 8.40. The van der Waals surface area contributed by atoms with E-state index in [1.807, 2.05) is 6.07 Å². The van der Waals surface area contributed by atoms with Gasteiger partial charge in [0.05, 0.1) is 0 Å². The monoisotopic (exact) mass is 430 g/mol. The molecule has 104 valence electrons. The van der Waals surface area contributed by atoms with E-state index in [-0.39, 0.29) is 40.7 Å². The summed E-state index contributed by atoms with van der Waals surface area (Å²) in [5.41, 5.74) is 9.52. The molecule has 0 radical (unpaired) electrons. The summed E-state index contributed by atoms with van der Waals surface area (Å²) in [6.07, 6.45) is 0. The van der Waals surface area contributed by atoms with Crippen molar-refractivity contribution >= 4 is 10.8 Å². The van der Waals surface area contributed by atoms with Crippen molar-refractivity contribution in [3.05, 3.63) is 81.1 Å². The van der Waals surface area contributed by atoms with Gasteiger partial charge in [0.15, 0.2) is 0 Å². The van der Waals surface area contributed by atoms with Gasteiger partial charge in [0.1, 0.15) is 0 Å². The SMILES string of the molecule is NCc1ccccc1-c1cccc2[cH-]ccc12.[CH3-].[CH3-].[Hf]. The van der Waals surface area contributed by atoms with Gasteiger partial charge in [0.25, 0.3) is 0 Å². The molecule has 20 heavy (non-hydrogen) atoms. The van der Waals surface area contributed by atoms with Crippen molar-refractivity contribution in [2.45, 2.75) is 6.54 Å². The van der Waals surface area contributed by atoms with E-state index in [0.717, 1.165) is 0 Å². The molecule has 2 N–H and O–H groups in total. The van der Waals surface area contributed by atoms with Gasteiger partial charge in [-0.1, -0.05) is 35.9 Å². The molecule has 0 aromatic heterocycles. The van der Waals surface area contributed by atoms with Crippen molar-refractivity contribution in [2.75, 3.05) is 0 Å². The van der Waals surface area contributed by atoms with E-state index < -0.39 is 0 Å². The molecule has 0 aliphatic carbocycles. The molecule has 0 amide bonds. The van der Waals surface area contributed by atoms with Gasteiger partial charge in [-0.3, -0.25) is 0 Å². The van der Waals surface area contributed by atoms with Crippen LogP contribution in [0.3, 0.4) is 0 Å². The van der Waals surface area contributed by atoms with Crippen LogP contribution in [0.15, 0.2) is 60.7 Å². The summed E-state index contributed by atoms with van der Waals surface area (Å²) < 4.78 is 0. The van der Waals surface area contributed by atoms with Crippen molar-refractivity contribution in [1.82, 2.24) is 0 Å². The van der Waals surface area contributed by atoms with Gasteiger partial charge in [-0.25, -0.2) is 0 Å². The minimum atomic E-state index is 0. The van der Waals surface area contributed by atoms with Crippen LogP contribution in [0.1, 0.15) is 5.56 Å². The summed E-state index contributed by atoms with van der Waals surface area (Å²) in [6, 6.07) is 21.2. The van der Waals surface area contributed by atoms with Crippen LogP contribution in [-0.4, -0.2) is 0 Å². The quantitative estimate of drug-likeness (QED) is 0.469. The van der Waals surface area contributed by atoms with E-state index >= 15 is 0 Å². The molecule has 0 spiro atoms. The first-order valence-electron chi connectivity index (χ1n) is 5.83. The van der Waals surface area contributed by atoms with E-state index in [9.17, 15) is 0 Å². The Morgan fingerprint density at radius 3 is 2.30 bits per heavy atom. The average Bonchev–Trinajstić information content (AvgIpc) is 2.86. The topological polar surface area (TPSA) is 26.0 Å². The molecule has 3 aromatic carbocycles. The van der Waals surface area contributed by atoms with Crippen LogP contribution in [0.2, 0.25) is 0 Å². The maximum absolute atomic E-state index is 5.81. The molecule has 1 nitrogen and oxygen atoms in total. The number of fused-ring (bicyclic) bond motifs is 1. The van der Waals surface area contributed by atoms with Crippen LogP contribution >= 0.6 is 0 Å². The molecule has 0 bridgehead atoms. The van der Waals surface area contributed by atoms with Crippen molar-refractivity contribution in [1.29, 1.82) is 0 Å². The summed E-state index contributed by atoms with van der Waals surface area (Å²) >= 11 is 0. The second-order valence-electron chi connectivity index (χ2n) is 4.20. The summed E-state index contributed by atoms with van der Waals surface area (Å²) in [7, 11) is 0. The van der Waals surface area contributed by atoms with Gasteiger partial charge in [-0.2, -0.15) is 12.1 Å². The first-order valence-corrected chi connectivity index (χ1v) is 5.83. The third-order valence-corrected chi connectivity index (χ3v) is 3.21. The predicted octanol–water partition coefficient (Wildman–Crippen LogP) is 4.58. The summed E-state index contributed by atoms with van der Waals surface area (Å²) in [5, 5.41) is 2.59. The molecule has 0 aliphatic rings. The molecule has 0 aliphatic heterocycles. The molecule has 2 heteroatoms. The average molecular weight is 429 g/mol. The zero-order chi connectivity index (χ0) is 11.7. The Hall–Kier alpha value is -1.12. The van der Waals surface area contributed by atoms with E-state index in [1.54, 1.807) is 0 Å². The van der Waals surface area contributed by atoms with Crippen LogP contribution in [0.5, 0.6) is 0 Å². The zero-order valence-corrected chi connectivity index (χ0v) is 15.7. The minimum absolute atomic E-state index is 0. The van der Waals surface area contributed by atoms with Crippen molar-refractivity contribution in [3.8, 4) is 11.1 Å².